The number of nitrogens with zero attached hydrogens (tertiary/aromatic N) is 3. The molecule has 1 aromatic heterocycles. The van der Waals surface area contributed by atoms with Gasteiger partial charge < -0.3 is 0 Å². The van der Waals surface area contributed by atoms with Crippen LogP contribution in [0.25, 0.3) is 5.69 Å². The second kappa shape index (κ2) is 3.62. The minimum absolute atomic E-state index is 1.01. The lowest BCUT2D eigenvalue weighted by molar-refractivity contribution is 0.793. The van der Waals surface area contributed by atoms with Crippen LogP contribution in [0, 0.1) is 6.92 Å². The van der Waals surface area contributed by atoms with Crippen molar-refractivity contribution in [2.75, 3.05) is 0 Å². The molecule has 0 bridgehead atoms. The van der Waals surface area contributed by atoms with Crippen LogP contribution in [-0.2, 0) is 6.42 Å². The van der Waals surface area contributed by atoms with E-state index in [1.165, 1.54) is 11.1 Å². The van der Waals surface area contributed by atoms with Crippen molar-refractivity contribution < 1.29 is 0 Å². The maximum absolute atomic E-state index is 3.99. The highest BCUT2D eigenvalue weighted by Gasteiger charge is 2.03. The van der Waals surface area contributed by atoms with E-state index in [2.05, 4.69) is 42.4 Å². The molecule has 0 aliphatic carbocycles. The molecule has 0 aliphatic heterocycles. The van der Waals surface area contributed by atoms with Crippen molar-refractivity contribution in [1.82, 2.24) is 15.0 Å². The summed E-state index contributed by atoms with van der Waals surface area (Å²) in [6.45, 7) is 4.25. The summed E-state index contributed by atoms with van der Waals surface area (Å²) < 4.78 is 1.80. The fourth-order valence-electron chi connectivity index (χ4n) is 1.56. The number of hydrogen-bond acceptors (Lipinski definition) is 2. The van der Waals surface area contributed by atoms with Gasteiger partial charge in [-0.05, 0) is 25.0 Å². The molecular formula is C11H13N3. The number of benzene rings is 1. The van der Waals surface area contributed by atoms with Crippen LogP contribution in [-0.4, -0.2) is 15.0 Å². The maximum atomic E-state index is 3.99. The fourth-order valence-corrected chi connectivity index (χ4v) is 1.56. The van der Waals surface area contributed by atoms with Crippen LogP contribution in [0.15, 0.2) is 30.6 Å². The normalized spacial score (nSPS) is 10.4. The quantitative estimate of drug-likeness (QED) is 0.721. The van der Waals surface area contributed by atoms with Crippen molar-refractivity contribution in [3.8, 4) is 5.69 Å². The molecule has 0 unspecified atom stereocenters. The van der Waals surface area contributed by atoms with E-state index in [9.17, 15) is 0 Å². The van der Waals surface area contributed by atoms with Gasteiger partial charge in [-0.1, -0.05) is 29.8 Å². The molecule has 0 atom stereocenters. The molecule has 2 aromatic rings. The van der Waals surface area contributed by atoms with Gasteiger partial charge in [0.25, 0.3) is 0 Å². The molecule has 1 heterocycles. The molecule has 0 fully saturated rings. The van der Waals surface area contributed by atoms with Crippen LogP contribution in [0.5, 0.6) is 0 Å². The van der Waals surface area contributed by atoms with Crippen molar-refractivity contribution in [3.63, 3.8) is 0 Å². The Labute approximate surface area is 83.4 Å². The predicted molar refractivity (Wildman–Crippen MR) is 55.5 cm³/mol. The lowest BCUT2D eigenvalue weighted by atomic mass is 10.1. The smallest absolute Gasteiger partial charge is 0.0697 e. The van der Waals surface area contributed by atoms with Crippen LogP contribution < -0.4 is 0 Å². The van der Waals surface area contributed by atoms with Gasteiger partial charge in [-0.25, -0.2) is 4.68 Å². The lowest BCUT2D eigenvalue weighted by Gasteiger charge is -2.07. The lowest BCUT2D eigenvalue weighted by Crippen LogP contribution is -2.00. The molecule has 72 valence electrons. The van der Waals surface area contributed by atoms with Crippen LogP contribution in [0.3, 0.4) is 0 Å². The molecule has 0 saturated heterocycles. The van der Waals surface area contributed by atoms with Crippen molar-refractivity contribution in [2.24, 2.45) is 0 Å². The van der Waals surface area contributed by atoms with Crippen molar-refractivity contribution in [1.29, 1.82) is 0 Å². The molecule has 3 heteroatoms. The summed E-state index contributed by atoms with van der Waals surface area (Å²) in [4.78, 5) is 0. The molecule has 0 amide bonds. The Kier molecular flexibility index (Phi) is 2.31. The highest BCUT2D eigenvalue weighted by molar-refractivity contribution is 5.42. The zero-order valence-corrected chi connectivity index (χ0v) is 8.44. The minimum Gasteiger partial charge on any atom is -0.220 e. The average molecular weight is 187 g/mol. The monoisotopic (exact) mass is 187 g/mol. The summed E-state index contributed by atoms with van der Waals surface area (Å²) in [6.07, 6.45) is 4.57. The van der Waals surface area contributed by atoms with Gasteiger partial charge in [0.1, 0.15) is 0 Å². The maximum Gasteiger partial charge on any atom is 0.0697 e. The largest absolute Gasteiger partial charge is 0.220 e. The van der Waals surface area contributed by atoms with Crippen molar-refractivity contribution in [3.05, 3.63) is 41.7 Å². The Bertz CT molecular complexity index is 418. The summed E-state index contributed by atoms with van der Waals surface area (Å²) in [7, 11) is 0. The number of rotatable bonds is 2. The van der Waals surface area contributed by atoms with Crippen LogP contribution in [0.2, 0.25) is 0 Å². The first kappa shape index (κ1) is 8.94. The van der Waals surface area contributed by atoms with Gasteiger partial charge in [0.2, 0.25) is 0 Å². The molecule has 0 saturated carbocycles. The van der Waals surface area contributed by atoms with Crippen LogP contribution >= 0.6 is 0 Å². The standard InChI is InChI=1S/C11H13N3/c1-3-10-8-9(2)4-5-11(10)14-7-6-12-13-14/h4-8H,3H2,1-2H3. The number of aromatic nitrogens is 3. The molecule has 0 aliphatic rings. The SMILES string of the molecule is CCc1cc(C)ccc1-n1ccnn1. The van der Waals surface area contributed by atoms with E-state index in [1.54, 1.807) is 10.9 Å². The Balaban J connectivity index is 2.53. The fraction of sp³-hybridized carbons (Fsp3) is 0.273. The van der Waals surface area contributed by atoms with E-state index in [-0.39, 0.29) is 0 Å². The Morgan fingerprint density at radius 3 is 2.86 bits per heavy atom. The van der Waals surface area contributed by atoms with Crippen LogP contribution in [0.4, 0.5) is 0 Å². The summed E-state index contributed by atoms with van der Waals surface area (Å²) in [5, 5.41) is 7.80. The van der Waals surface area contributed by atoms with E-state index in [1.807, 2.05) is 6.20 Å². The third kappa shape index (κ3) is 1.53. The van der Waals surface area contributed by atoms with Crippen molar-refractivity contribution >= 4 is 0 Å². The summed E-state index contributed by atoms with van der Waals surface area (Å²) in [5.41, 5.74) is 3.71. The third-order valence-electron chi connectivity index (χ3n) is 2.29. The average Bonchev–Trinajstić information content (AvgIpc) is 2.70. The highest BCUT2D eigenvalue weighted by Crippen LogP contribution is 2.15. The molecule has 1 aromatic carbocycles. The Hall–Kier alpha value is -1.64. The molecule has 2 rings (SSSR count). The van der Waals surface area contributed by atoms with Gasteiger partial charge >= 0.3 is 0 Å². The zero-order chi connectivity index (χ0) is 9.97. The molecule has 0 spiro atoms. The van der Waals surface area contributed by atoms with Gasteiger partial charge in [-0.15, -0.1) is 5.10 Å². The first-order valence-electron chi connectivity index (χ1n) is 4.77. The van der Waals surface area contributed by atoms with E-state index in [4.69, 9.17) is 0 Å². The third-order valence-corrected chi connectivity index (χ3v) is 2.29. The molecule has 0 radical (unpaired) electrons. The number of aryl methyl sites for hydroxylation is 2. The molecule has 14 heavy (non-hydrogen) atoms. The summed E-state index contributed by atoms with van der Waals surface area (Å²) >= 11 is 0. The minimum atomic E-state index is 1.01. The Morgan fingerprint density at radius 1 is 1.36 bits per heavy atom. The van der Waals surface area contributed by atoms with Crippen molar-refractivity contribution in [2.45, 2.75) is 20.3 Å². The number of hydrogen-bond donors (Lipinski definition) is 0. The second-order valence-corrected chi connectivity index (χ2v) is 3.33. The van der Waals surface area contributed by atoms with E-state index < -0.39 is 0 Å². The molecule has 3 nitrogen and oxygen atoms in total. The van der Waals surface area contributed by atoms with E-state index in [0.717, 1.165) is 12.1 Å². The molecule has 0 N–H and O–H groups in total. The van der Waals surface area contributed by atoms with Gasteiger partial charge in [-0.2, -0.15) is 0 Å². The first-order valence-corrected chi connectivity index (χ1v) is 4.77. The predicted octanol–water partition coefficient (Wildman–Crippen LogP) is 2.14. The van der Waals surface area contributed by atoms with Gasteiger partial charge in [0.15, 0.2) is 0 Å². The van der Waals surface area contributed by atoms with Gasteiger partial charge in [0.05, 0.1) is 18.1 Å². The van der Waals surface area contributed by atoms with E-state index in [0.29, 0.717) is 0 Å². The second-order valence-electron chi connectivity index (χ2n) is 3.33. The summed E-state index contributed by atoms with van der Waals surface area (Å²) in [5.74, 6) is 0. The summed E-state index contributed by atoms with van der Waals surface area (Å²) in [6, 6.07) is 6.37. The first-order chi connectivity index (χ1) is 6.81. The zero-order valence-electron chi connectivity index (χ0n) is 8.44. The van der Waals surface area contributed by atoms with Crippen LogP contribution in [0.1, 0.15) is 18.1 Å². The topological polar surface area (TPSA) is 30.7 Å². The van der Waals surface area contributed by atoms with Gasteiger partial charge in [-0.3, -0.25) is 0 Å². The Morgan fingerprint density at radius 2 is 2.21 bits per heavy atom. The highest BCUT2D eigenvalue weighted by atomic mass is 15.4. The molecular weight excluding hydrogens is 174 g/mol. The van der Waals surface area contributed by atoms with E-state index >= 15 is 0 Å². The van der Waals surface area contributed by atoms with Gasteiger partial charge in [0, 0.05) is 0 Å².